The van der Waals surface area contributed by atoms with Crippen molar-refractivity contribution in [2.24, 2.45) is 0 Å². The van der Waals surface area contributed by atoms with E-state index in [9.17, 15) is 5.11 Å². The first kappa shape index (κ1) is 10.6. The molecule has 1 aromatic heterocycles. The predicted octanol–water partition coefficient (Wildman–Crippen LogP) is 3.24. The van der Waals surface area contributed by atoms with Gasteiger partial charge in [0.25, 0.3) is 0 Å². The van der Waals surface area contributed by atoms with Crippen LogP contribution in [0.4, 0.5) is 0 Å². The first-order valence-corrected chi connectivity index (χ1v) is 5.72. The van der Waals surface area contributed by atoms with E-state index in [0.29, 0.717) is 0 Å². The van der Waals surface area contributed by atoms with E-state index < -0.39 is 0 Å². The standard InChI is InChI=1S/C15H12N2O/c18-14-8-6-13(7-9-14)17-11-16-10-15(17)12-4-2-1-3-5-12/h1-11,18H. The van der Waals surface area contributed by atoms with E-state index in [2.05, 4.69) is 4.98 Å². The van der Waals surface area contributed by atoms with Gasteiger partial charge in [-0.3, -0.25) is 4.57 Å². The van der Waals surface area contributed by atoms with E-state index in [1.807, 2.05) is 53.2 Å². The SMILES string of the molecule is Oc1ccc(-n2cncc2-c2ccccc2)cc1. The molecule has 0 amide bonds. The summed E-state index contributed by atoms with van der Waals surface area (Å²) < 4.78 is 1.99. The third-order valence-corrected chi connectivity index (χ3v) is 2.84. The molecule has 0 aliphatic heterocycles. The normalized spacial score (nSPS) is 10.4. The van der Waals surface area contributed by atoms with Crippen LogP contribution in [0.5, 0.6) is 5.75 Å². The number of hydrogen-bond donors (Lipinski definition) is 1. The van der Waals surface area contributed by atoms with Gasteiger partial charge in [0.15, 0.2) is 0 Å². The lowest BCUT2D eigenvalue weighted by Crippen LogP contribution is -1.94. The van der Waals surface area contributed by atoms with E-state index >= 15 is 0 Å². The van der Waals surface area contributed by atoms with Crippen molar-refractivity contribution in [1.82, 2.24) is 9.55 Å². The summed E-state index contributed by atoms with van der Waals surface area (Å²) in [5, 5.41) is 9.32. The summed E-state index contributed by atoms with van der Waals surface area (Å²) in [6.07, 6.45) is 3.61. The van der Waals surface area contributed by atoms with Crippen LogP contribution >= 0.6 is 0 Å². The highest BCUT2D eigenvalue weighted by molar-refractivity contribution is 5.61. The molecule has 0 aliphatic rings. The summed E-state index contributed by atoms with van der Waals surface area (Å²) in [5.41, 5.74) is 3.12. The summed E-state index contributed by atoms with van der Waals surface area (Å²) in [7, 11) is 0. The maximum atomic E-state index is 9.32. The highest BCUT2D eigenvalue weighted by Crippen LogP contribution is 2.23. The van der Waals surface area contributed by atoms with Gasteiger partial charge < -0.3 is 5.11 Å². The lowest BCUT2D eigenvalue weighted by molar-refractivity contribution is 0.475. The number of aromatic hydroxyl groups is 1. The summed E-state index contributed by atoms with van der Waals surface area (Å²) in [6, 6.07) is 17.2. The number of hydrogen-bond acceptors (Lipinski definition) is 2. The molecule has 3 heteroatoms. The van der Waals surface area contributed by atoms with Crippen molar-refractivity contribution in [3.8, 4) is 22.7 Å². The molecule has 0 saturated heterocycles. The van der Waals surface area contributed by atoms with Gasteiger partial charge in [0.1, 0.15) is 5.75 Å². The molecule has 0 radical (unpaired) electrons. The van der Waals surface area contributed by atoms with Crippen molar-refractivity contribution in [2.45, 2.75) is 0 Å². The van der Waals surface area contributed by atoms with Crippen LogP contribution in [0.25, 0.3) is 16.9 Å². The lowest BCUT2D eigenvalue weighted by atomic mass is 10.1. The second-order valence-electron chi connectivity index (χ2n) is 4.03. The molecule has 18 heavy (non-hydrogen) atoms. The van der Waals surface area contributed by atoms with E-state index in [1.54, 1.807) is 18.5 Å². The van der Waals surface area contributed by atoms with Gasteiger partial charge >= 0.3 is 0 Å². The monoisotopic (exact) mass is 236 g/mol. The van der Waals surface area contributed by atoms with Crippen LogP contribution in [0.3, 0.4) is 0 Å². The Labute approximate surface area is 105 Å². The fraction of sp³-hybridized carbons (Fsp3) is 0. The first-order chi connectivity index (χ1) is 8.84. The summed E-state index contributed by atoms with van der Waals surface area (Å²) in [4.78, 5) is 4.20. The molecule has 1 heterocycles. The molecule has 3 rings (SSSR count). The van der Waals surface area contributed by atoms with Gasteiger partial charge in [-0.1, -0.05) is 30.3 Å². The van der Waals surface area contributed by atoms with Crippen LogP contribution in [-0.4, -0.2) is 14.7 Å². The van der Waals surface area contributed by atoms with Crippen molar-refractivity contribution in [2.75, 3.05) is 0 Å². The van der Waals surface area contributed by atoms with E-state index in [4.69, 9.17) is 0 Å². The molecule has 0 unspecified atom stereocenters. The fourth-order valence-corrected chi connectivity index (χ4v) is 1.94. The molecule has 0 bridgehead atoms. The topological polar surface area (TPSA) is 38.0 Å². The van der Waals surface area contributed by atoms with Gasteiger partial charge in [-0.2, -0.15) is 0 Å². The van der Waals surface area contributed by atoms with Gasteiger partial charge in [-0.15, -0.1) is 0 Å². The Balaban J connectivity index is 2.10. The van der Waals surface area contributed by atoms with Crippen LogP contribution < -0.4 is 0 Å². The van der Waals surface area contributed by atoms with Crippen molar-refractivity contribution in [3.63, 3.8) is 0 Å². The molecular weight excluding hydrogens is 224 g/mol. The first-order valence-electron chi connectivity index (χ1n) is 5.72. The highest BCUT2D eigenvalue weighted by Gasteiger charge is 2.06. The van der Waals surface area contributed by atoms with Crippen LogP contribution in [0, 0.1) is 0 Å². The van der Waals surface area contributed by atoms with Crippen LogP contribution in [0.1, 0.15) is 0 Å². The highest BCUT2D eigenvalue weighted by atomic mass is 16.3. The number of aromatic nitrogens is 2. The summed E-state index contributed by atoms with van der Waals surface area (Å²) in [6.45, 7) is 0. The average molecular weight is 236 g/mol. The molecule has 2 aromatic carbocycles. The third kappa shape index (κ3) is 1.86. The fourth-order valence-electron chi connectivity index (χ4n) is 1.94. The minimum Gasteiger partial charge on any atom is -0.508 e. The van der Waals surface area contributed by atoms with E-state index in [0.717, 1.165) is 16.9 Å². The van der Waals surface area contributed by atoms with Crippen molar-refractivity contribution < 1.29 is 5.11 Å². The molecule has 0 aliphatic carbocycles. The summed E-state index contributed by atoms with van der Waals surface area (Å²) in [5.74, 6) is 0.264. The van der Waals surface area contributed by atoms with E-state index in [1.165, 1.54) is 0 Å². The van der Waals surface area contributed by atoms with Crippen LogP contribution in [0.2, 0.25) is 0 Å². The molecule has 0 atom stereocenters. The van der Waals surface area contributed by atoms with Gasteiger partial charge in [-0.25, -0.2) is 4.98 Å². The number of benzene rings is 2. The average Bonchev–Trinajstić information content (AvgIpc) is 2.90. The van der Waals surface area contributed by atoms with Gasteiger partial charge in [0, 0.05) is 11.3 Å². The Morgan fingerprint density at radius 1 is 0.889 bits per heavy atom. The second kappa shape index (κ2) is 4.37. The molecule has 0 fully saturated rings. The quantitative estimate of drug-likeness (QED) is 0.741. The number of imidazole rings is 1. The number of nitrogens with zero attached hydrogens (tertiary/aromatic N) is 2. The minimum absolute atomic E-state index is 0.264. The molecule has 0 saturated carbocycles. The molecule has 3 nitrogen and oxygen atoms in total. The zero-order valence-corrected chi connectivity index (χ0v) is 9.69. The Morgan fingerprint density at radius 3 is 2.33 bits per heavy atom. The molecule has 3 aromatic rings. The number of phenols is 1. The Hall–Kier alpha value is -2.55. The third-order valence-electron chi connectivity index (χ3n) is 2.84. The Bertz CT molecular complexity index is 642. The Kier molecular flexibility index (Phi) is 2.57. The van der Waals surface area contributed by atoms with Gasteiger partial charge in [0.2, 0.25) is 0 Å². The second-order valence-corrected chi connectivity index (χ2v) is 4.03. The molecule has 88 valence electrons. The Morgan fingerprint density at radius 2 is 1.61 bits per heavy atom. The largest absolute Gasteiger partial charge is 0.508 e. The van der Waals surface area contributed by atoms with Gasteiger partial charge in [0.05, 0.1) is 18.2 Å². The minimum atomic E-state index is 0.264. The van der Waals surface area contributed by atoms with Crippen molar-refractivity contribution >= 4 is 0 Å². The predicted molar refractivity (Wildman–Crippen MR) is 70.7 cm³/mol. The molecular formula is C15H12N2O. The zero-order chi connectivity index (χ0) is 12.4. The number of rotatable bonds is 2. The van der Waals surface area contributed by atoms with Crippen molar-refractivity contribution in [3.05, 3.63) is 67.1 Å². The van der Waals surface area contributed by atoms with Crippen LogP contribution in [-0.2, 0) is 0 Å². The molecule has 1 N–H and O–H groups in total. The number of phenolic OH excluding ortho intramolecular Hbond substituents is 1. The van der Waals surface area contributed by atoms with E-state index in [-0.39, 0.29) is 5.75 Å². The smallest absolute Gasteiger partial charge is 0.115 e. The lowest BCUT2D eigenvalue weighted by Gasteiger charge is -2.08. The summed E-state index contributed by atoms with van der Waals surface area (Å²) >= 11 is 0. The van der Waals surface area contributed by atoms with Crippen molar-refractivity contribution in [1.29, 1.82) is 0 Å². The zero-order valence-electron chi connectivity index (χ0n) is 9.69. The maximum Gasteiger partial charge on any atom is 0.115 e. The molecule has 0 spiro atoms. The van der Waals surface area contributed by atoms with Gasteiger partial charge in [-0.05, 0) is 24.3 Å². The maximum absolute atomic E-state index is 9.32. The van der Waals surface area contributed by atoms with Crippen LogP contribution in [0.15, 0.2) is 67.1 Å².